The van der Waals surface area contributed by atoms with E-state index in [1.54, 1.807) is 13.8 Å². The first-order valence-corrected chi connectivity index (χ1v) is 8.67. The molecule has 0 aromatic heterocycles. The van der Waals surface area contributed by atoms with Gasteiger partial charge in [0.15, 0.2) is 0 Å². The minimum absolute atomic E-state index is 0.0167. The molecule has 7 heteroatoms. The number of amides is 1. The quantitative estimate of drug-likeness (QED) is 0.453. The first-order valence-electron chi connectivity index (χ1n) is 7.18. The Labute approximate surface area is 121 Å². The first kappa shape index (κ1) is 19.6. The lowest BCUT2D eigenvalue weighted by molar-refractivity contribution is -0.123. The molecule has 1 unspecified atom stereocenters. The van der Waals surface area contributed by atoms with E-state index in [0.29, 0.717) is 13.0 Å². The van der Waals surface area contributed by atoms with E-state index in [4.69, 9.17) is 9.05 Å². The Morgan fingerprint density at radius 3 is 2.30 bits per heavy atom. The Hall–Kier alpha value is -0.420. The van der Waals surface area contributed by atoms with Crippen LogP contribution in [0.2, 0.25) is 0 Å². The summed E-state index contributed by atoms with van der Waals surface area (Å²) in [6.07, 6.45) is 3.10. The van der Waals surface area contributed by atoms with Gasteiger partial charge >= 0.3 is 7.82 Å². The molecule has 0 saturated heterocycles. The topological polar surface area (TPSA) is 84.9 Å². The van der Waals surface area contributed by atoms with E-state index in [1.807, 2.05) is 13.8 Å². The number of phosphoric acid groups is 1. The smallest absolute Gasteiger partial charge is 0.356 e. The number of phosphoric ester groups is 1. The summed E-state index contributed by atoms with van der Waals surface area (Å²) in [5.41, 5.74) is 0. The molecule has 20 heavy (non-hydrogen) atoms. The predicted molar refractivity (Wildman–Crippen MR) is 78.3 cm³/mol. The van der Waals surface area contributed by atoms with E-state index >= 15 is 0 Å². The third-order valence-corrected chi connectivity index (χ3v) is 3.69. The van der Waals surface area contributed by atoms with E-state index in [2.05, 4.69) is 5.32 Å². The van der Waals surface area contributed by atoms with Gasteiger partial charge in [0.1, 0.15) is 0 Å². The van der Waals surface area contributed by atoms with Crippen LogP contribution in [0.5, 0.6) is 0 Å². The third-order valence-electron chi connectivity index (χ3n) is 2.49. The van der Waals surface area contributed by atoms with Crippen molar-refractivity contribution in [2.45, 2.75) is 59.5 Å². The predicted octanol–water partition coefficient (Wildman–Crippen LogP) is 2.86. The monoisotopic (exact) mass is 309 g/mol. The standard InChI is InChI=1S/C13H28NO5P/c1-11(2)13(15)14-9-7-5-6-8-10-18-20(16,17)19-12(3)4/h11-12H,5-10H2,1-4H3,(H,14,15)(H,16,17). The molecule has 0 heterocycles. The van der Waals surface area contributed by atoms with Gasteiger partial charge in [-0.2, -0.15) is 0 Å². The van der Waals surface area contributed by atoms with Gasteiger partial charge in [-0.25, -0.2) is 4.57 Å². The molecule has 1 amide bonds. The molecule has 0 aliphatic rings. The lowest BCUT2D eigenvalue weighted by Crippen LogP contribution is -2.28. The highest BCUT2D eigenvalue weighted by atomic mass is 31.2. The van der Waals surface area contributed by atoms with Crippen molar-refractivity contribution >= 4 is 13.7 Å². The van der Waals surface area contributed by atoms with E-state index in [1.165, 1.54) is 0 Å². The zero-order valence-corrected chi connectivity index (χ0v) is 13.8. The number of rotatable bonds is 11. The molecule has 0 aliphatic carbocycles. The molecule has 0 bridgehead atoms. The van der Waals surface area contributed by atoms with Crippen LogP contribution in [-0.2, 0) is 18.4 Å². The van der Waals surface area contributed by atoms with Gasteiger partial charge in [0.25, 0.3) is 0 Å². The van der Waals surface area contributed by atoms with Crippen molar-refractivity contribution in [3.05, 3.63) is 0 Å². The zero-order chi connectivity index (χ0) is 15.6. The molecule has 0 saturated carbocycles. The van der Waals surface area contributed by atoms with E-state index < -0.39 is 7.82 Å². The molecule has 0 aliphatic heterocycles. The summed E-state index contributed by atoms with van der Waals surface area (Å²) in [7, 11) is -3.89. The second-order valence-corrected chi connectivity index (χ2v) is 6.72. The molecule has 1 atom stereocenters. The van der Waals surface area contributed by atoms with Crippen molar-refractivity contribution < 1.29 is 23.3 Å². The molecule has 0 spiro atoms. The number of nitrogens with one attached hydrogen (secondary N) is 1. The first-order chi connectivity index (χ1) is 9.24. The van der Waals surface area contributed by atoms with Crippen LogP contribution >= 0.6 is 7.82 Å². The van der Waals surface area contributed by atoms with Gasteiger partial charge in [-0.1, -0.05) is 26.7 Å². The highest BCUT2D eigenvalue weighted by molar-refractivity contribution is 7.47. The maximum atomic E-state index is 11.4. The lowest BCUT2D eigenvalue weighted by Gasteiger charge is -2.14. The second kappa shape index (κ2) is 10.3. The fraction of sp³-hybridized carbons (Fsp3) is 0.923. The number of hydrogen-bond acceptors (Lipinski definition) is 4. The minimum Gasteiger partial charge on any atom is -0.356 e. The van der Waals surface area contributed by atoms with Gasteiger partial charge in [0.2, 0.25) is 5.91 Å². The highest BCUT2D eigenvalue weighted by Crippen LogP contribution is 2.44. The number of carbonyl (C=O) groups is 1. The van der Waals surface area contributed by atoms with Crippen molar-refractivity contribution in [2.75, 3.05) is 13.2 Å². The van der Waals surface area contributed by atoms with Crippen LogP contribution in [-0.4, -0.2) is 30.1 Å². The number of unbranched alkanes of at least 4 members (excludes halogenated alkanes) is 3. The molecule has 0 rings (SSSR count). The van der Waals surface area contributed by atoms with Crippen molar-refractivity contribution in [2.24, 2.45) is 5.92 Å². The van der Waals surface area contributed by atoms with E-state index in [0.717, 1.165) is 19.3 Å². The van der Waals surface area contributed by atoms with Crippen molar-refractivity contribution in [3.63, 3.8) is 0 Å². The average Bonchev–Trinajstić information content (AvgIpc) is 2.30. The molecule has 0 aromatic carbocycles. The summed E-state index contributed by atoms with van der Waals surface area (Å²) in [6, 6.07) is 0. The van der Waals surface area contributed by atoms with Gasteiger partial charge in [-0.3, -0.25) is 13.8 Å². The Kier molecular flexibility index (Phi) is 10.1. The summed E-state index contributed by atoms with van der Waals surface area (Å²) in [5, 5.41) is 2.84. The van der Waals surface area contributed by atoms with Gasteiger partial charge in [0, 0.05) is 12.5 Å². The van der Waals surface area contributed by atoms with Crippen LogP contribution in [0.1, 0.15) is 53.4 Å². The second-order valence-electron chi connectivity index (χ2n) is 5.32. The van der Waals surface area contributed by atoms with Crippen molar-refractivity contribution in [1.82, 2.24) is 5.32 Å². The molecule has 2 N–H and O–H groups in total. The molecule has 6 nitrogen and oxygen atoms in total. The number of carbonyl (C=O) groups excluding carboxylic acids is 1. The highest BCUT2D eigenvalue weighted by Gasteiger charge is 2.21. The van der Waals surface area contributed by atoms with Crippen LogP contribution in [0.15, 0.2) is 0 Å². The van der Waals surface area contributed by atoms with E-state index in [-0.39, 0.29) is 24.5 Å². The van der Waals surface area contributed by atoms with Crippen molar-refractivity contribution in [1.29, 1.82) is 0 Å². The van der Waals surface area contributed by atoms with Crippen LogP contribution in [0, 0.1) is 5.92 Å². The number of hydrogen-bond donors (Lipinski definition) is 2. The third kappa shape index (κ3) is 11.4. The van der Waals surface area contributed by atoms with Crippen LogP contribution in [0.4, 0.5) is 0 Å². The Morgan fingerprint density at radius 1 is 1.15 bits per heavy atom. The fourth-order valence-corrected chi connectivity index (χ4v) is 2.43. The van der Waals surface area contributed by atoms with Crippen molar-refractivity contribution in [3.8, 4) is 0 Å². The Morgan fingerprint density at radius 2 is 1.75 bits per heavy atom. The molecular formula is C13H28NO5P. The fourth-order valence-electron chi connectivity index (χ4n) is 1.47. The molecule has 0 radical (unpaired) electrons. The van der Waals surface area contributed by atoms with Gasteiger partial charge in [-0.15, -0.1) is 0 Å². The maximum Gasteiger partial charge on any atom is 0.472 e. The Bertz CT molecular complexity index is 320. The molecule has 0 fully saturated rings. The summed E-state index contributed by atoms with van der Waals surface area (Å²) >= 11 is 0. The summed E-state index contributed by atoms with van der Waals surface area (Å²) in [5.74, 6) is 0.0865. The normalized spacial score (nSPS) is 14.6. The molecule has 120 valence electrons. The summed E-state index contributed by atoms with van der Waals surface area (Å²) < 4.78 is 21.0. The zero-order valence-electron chi connectivity index (χ0n) is 12.9. The van der Waals surface area contributed by atoms with E-state index in [9.17, 15) is 14.3 Å². The molecular weight excluding hydrogens is 281 g/mol. The Balaban J connectivity index is 3.45. The van der Waals surface area contributed by atoms with Crippen LogP contribution < -0.4 is 5.32 Å². The van der Waals surface area contributed by atoms with Crippen LogP contribution in [0.3, 0.4) is 0 Å². The lowest BCUT2D eigenvalue weighted by atomic mass is 10.2. The maximum absolute atomic E-state index is 11.4. The van der Waals surface area contributed by atoms with Gasteiger partial charge in [-0.05, 0) is 26.7 Å². The van der Waals surface area contributed by atoms with Gasteiger partial charge in [0.05, 0.1) is 12.7 Å². The molecule has 0 aromatic rings. The SMILES string of the molecule is CC(C)OP(=O)(O)OCCCCCCNC(=O)C(C)C. The summed E-state index contributed by atoms with van der Waals surface area (Å²) in [4.78, 5) is 20.6. The summed E-state index contributed by atoms with van der Waals surface area (Å²) in [6.45, 7) is 7.96. The minimum atomic E-state index is -3.89. The average molecular weight is 309 g/mol. The van der Waals surface area contributed by atoms with Gasteiger partial charge < -0.3 is 10.2 Å². The largest absolute Gasteiger partial charge is 0.472 e. The van der Waals surface area contributed by atoms with Crippen LogP contribution in [0.25, 0.3) is 0 Å².